The Balaban J connectivity index is 1.75. The van der Waals surface area contributed by atoms with Gasteiger partial charge in [0.05, 0.1) is 12.1 Å². The molecule has 2 aliphatic heterocycles. The minimum absolute atomic E-state index is 0.0393. The molecule has 0 aromatic heterocycles. The van der Waals surface area contributed by atoms with Crippen molar-refractivity contribution in [3.05, 3.63) is 34.9 Å². The lowest BCUT2D eigenvalue weighted by molar-refractivity contribution is -0.161. The van der Waals surface area contributed by atoms with E-state index in [1.165, 1.54) is 0 Å². The maximum Gasteiger partial charge on any atom is 0.249 e. The van der Waals surface area contributed by atoms with Crippen LogP contribution in [0.5, 0.6) is 0 Å². The van der Waals surface area contributed by atoms with Crippen LogP contribution in [-0.4, -0.2) is 42.6 Å². The second-order valence-electron chi connectivity index (χ2n) is 5.24. The zero-order valence-electron chi connectivity index (χ0n) is 10.7. The maximum atomic E-state index is 12.0. The molecule has 1 aromatic rings. The minimum Gasteiger partial charge on any atom is -0.362 e. The summed E-state index contributed by atoms with van der Waals surface area (Å²) in [5.74, 6) is 0.0393. The lowest BCUT2D eigenvalue weighted by Gasteiger charge is -2.39. The fourth-order valence-corrected chi connectivity index (χ4v) is 2.94. The van der Waals surface area contributed by atoms with Gasteiger partial charge in [-0.15, -0.1) is 0 Å². The smallest absolute Gasteiger partial charge is 0.249 e. The summed E-state index contributed by atoms with van der Waals surface area (Å²) in [6.07, 6.45) is 0.958. The molecule has 4 nitrogen and oxygen atoms in total. The first-order valence-corrected chi connectivity index (χ1v) is 6.92. The third-order valence-corrected chi connectivity index (χ3v) is 4.23. The molecule has 1 aromatic carbocycles. The molecule has 2 saturated heterocycles. The van der Waals surface area contributed by atoms with Gasteiger partial charge in [0.25, 0.3) is 0 Å². The highest BCUT2D eigenvalue weighted by Gasteiger charge is 2.42. The van der Waals surface area contributed by atoms with Crippen molar-refractivity contribution in [2.24, 2.45) is 0 Å². The zero-order valence-corrected chi connectivity index (χ0v) is 11.4. The number of nitrogens with zero attached hydrogens (tertiary/aromatic N) is 1. The van der Waals surface area contributed by atoms with Crippen LogP contribution in [0, 0.1) is 0 Å². The molecule has 2 heterocycles. The Labute approximate surface area is 117 Å². The van der Waals surface area contributed by atoms with Crippen LogP contribution >= 0.6 is 11.6 Å². The van der Waals surface area contributed by atoms with Crippen LogP contribution in [0.15, 0.2) is 24.3 Å². The average molecular weight is 281 g/mol. The quantitative estimate of drug-likeness (QED) is 0.891. The van der Waals surface area contributed by atoms with Crippen molar-refractivity contribution in [3.8, 4) is 0 Å². The van der Waals surface area contributed by atoms with Crippen molar-refractivity contribution in [1.82, 2.24) is 10.2 Å². The Morgan fingerprint density at radius 3 is 3.00 bits per heavy atom. The van der Waals surface area contributed by atoms with Crippen LogP contribution in [0.2, 0.25) is 5.02 Å². The molecule has 1 spiro atoms. The molecule has 3 rings (SSSR count). The number of carbonyl (C=O) groups excluding carboxylic acids is 1. The SMILES string of the molecule is O=C1COC2(CCNC2)CN1Cc1ccccc1Cl. The predicted molar refractivity (Wildman–Crippen MR) is 73.0 cm³/mol. The summed E-state index contributed by atoms with van der Waals surface area (Å²) in [4.78, 5) is 13.8. The van der Waals surface area contributed by atoms with Gasteiger partial charge in [-0.2, -0.15) is 0 Å². The Bertz CT molecular complexity index is 486. The fraction of sp³-hybridized carbons (Fsp3) is 0.500. The lowest BCUT2D eigenvalue weighted by Crippen LogP contribution is -2.55. The predicted octanol–water partition coefficient (Wildman–Crippen LogP) is 1.43. The molecule has 0 saturated carbocycles. The number of carbonyl (C=O) groups is 1. The van der Waals surface area contributed by atoms with Crippen LogP contribution in [0.1, 0.15) is 12.0 Å². The van der Waals surface area contributed by atoms with Gasteiger partial charge >= 0.3 is 0 Å². The third kappa shape index (κ3) is 2.61. The molecular formula is C14H17ClN2O2. The molecule has 1 unspecified atom stereocenters. The second kappa shape index (κ2) is 5.12. The largest absolute Gasteiger partial charge is 0.362 e. The zero-order chi connectivity index (χ0) is 13.3. The number of rotatable bonds is 2. The van der Waals surface area contributed by atoms with Crippen LogP contribution in [-0.2, 0) is 16.1 Å². The molecule has 102 valence electrons. The van der Waals surface area contributed by atoms with E-state index in [-0.39, 0.29) is 18.1 Å². The molecule has 2 aliphatic rings. The molecule has 19 heavy (non-hydrogen) atoms. The number of hydrogen-bond donors (Lipinski definition) is 1. The Hall–Kier alpha value is -1.10. The summed E-state index contributed by atoms with van der Waals surface area (Å²) >= 11 is 6.16. The van der Waals surface area contributed by atoms with Gasteiger partial charge in [-0.3, -0.25) is 4.79 Å². The first kappa shape index (κ1) is 12.9. The molecular weight excluding hydrogens is 264 g/mol. The molecule has 1 N–H and O–H groups in total. The number of nitrogens with one attached hydrogen (secondary N) is 1. The van der Waals surface area contributed by atoms with Crippen LogP contribution in [0.3, 0.4) is 0 Å². The number of hydrogen-bond acceptors (Lipinski definition) is 3. The van der Waals surface area contributed by atoms with Crippen molar-refractivity contribution in [2.75, 3.05) is 26.2 Å². The summed E-state index contributed by atoms with van der Waals surface area (Å²) in [5.41, 5.74) is 0.787. The average Bonchev–Trinajstić information content (AvgIpc) is 2.85. The van der Waals surface area contributed by atoms with Gasteiger partial charge in [0.15, 0.2) is 0 Å². The highest BCUT2D eigenvalue weighted by Crippen LogP contribution is 2.27. The standard InChI is InChI=1S/C14H17ClN2O2/c15-12-4-2-1-3-11(12)7-17-10-14(5-6-16-9-14)19-8-13(17)18/h1-4,16H,5-10H2. The van der Waals surface area contributed by atoms with E-state index in [2.05, 4.69) is 5.32 Å². The molecule has 2 fully saturated rings. The van der Waals surface area contributed by atoms with E-state index in [0.29, 0.717) is 18.1 Å². The monoisotopic (exact) mass is 280 g/mol. The van der Waals surface area contributed by atoms with E-state index >= 15 is 0 Å². The van der Waals surface area contributed by atoms with E-state index in [9.17, 15) is 4.79 Å². The van der Waals surface area contributed by atoms with Crippen molar-refractivity contribution < 1.29 is 9.53 Å². The van der Waals surface area contributed by atoms with Crippen LogP contribution in [0.25, 0.3) is 0 Å². The van der Waals surface area contributed by atoms with E-state index in [1.54, 1.807) is 0 Å². The van der Waals surface area contributed by atoms with Gasteiger partial charge < -0.3 is 15.0 Å². The Morgan fingerprint density at radius 2 is 2.26 bits per heavy atom. The second-order valence-corrected chi connectivity index (χ2v) is 5.65. The first-order valence-electron chi connectivity index (χ1n) is 6.54. The van der Waals surface area contributed by atoms with Crippen molar-refractivity contribution in [1.29, 1.82) is 0 Å². The minimum atomic E-state index is -0.199. The van der Waals surface area contributed by atoms with Crippen LogP contribution < -0.4 is 5.32 Å². The van der Waals surface area contributed by atoms with Gasteiger partial charge in [-0.25, -0.2) is 0 Å². The molecule has 0 aliphatic carbocycles. The van der Waals surface area contributed by atoms with Crippen molar-refractivity contribution in [2.45, 2.75) is 18.6 Å². The van der Waals surface area contributed by atoms with Gasteiger partial charge in [0.1, 0.15) is 6.61 Å². The van der Waals surface area contributed by atoms with Crippen LogP contribution in [0.4, 0.5) is 0 Å². The van der Waals surface area contributed by atoms with Gasteiger partial charge in [-0.05, 0) is 24.6 Å². The fourth-order valence-electron chi connectivity index (χ4n) is 2.74. The van der Waals surface area contributed by atoms with E-state index in [1.807, 2.05) is 29.2 Å². The molecule has 1 amide bonds. The normalized spacial score (nSPS) is 27.2. The summed E-state index contributed by atoms with van der Waals surface area (Å²) in [5, 5.41) is 4.01. The number of amides is 1. The topological polar surface area (TPSA) is 41.6 Å². The third-order valence-electron chi connectivity index (χ3n) is 3.86. The van der Waals surface area contributed by atoms with Gasteiger partial charge in [0.2, 0.25) is 5.91 Å². The lowest BCUT2D eigenvalue weighted by atomic mass is 10.00. The van der Waals surface area contributed by atoms with E-state index in [0.717, 1.165) is 25.1 Å². The molecule has 5 heteroatoms. The first-order chi connectivity index (χ1) is 9.19. The number of ether oxygens (including phenoxy) is 1. The van der Waals surface area contributed by atoms with Gasteiger partial charge in [-0.1, -0.05) is 29.8 Å². The summed E-state index contributed by atoms with van der Waals surface area (Å²) < 4.78 is 5.75. The van der Waals surface area contributed by atoms with Gasteiger partial charge in [0, 0.05) is 18.1 Å². The summed E-state index contributed by atoms with van der Waals surface area (Å²) in [7, 11) is 0. The van der Waals surface area contributed by atoms with Crippen molar-refractivity contribution >= 4 is 17.5 Å². The molecule has 1 atom stereocenters. The molecule has 0 radical (unpaired) electrons. The summed E-state index contributed by atoms with van der Waals surface area (Å²) in [6, 6.07) is 7.66. The summed E-state index contributed by atoms with van der Waals surface area (Å²) in [6.45, 7) is 3.15. The van der Waals surface area contributed by atoms with Crippen molar-refractivity contribution in [3.63, 3.8) is 0 Å². The molecule has 0 bridgehead atoms. The Kier molecular flexibility index (Phi) is 3.48. The number of benzene rings is 1. The van der Waals surface area contributed by atoms with E-state index in [4.69, 9.17) is 16.3 Å². The highest BCUT2D eigenvalue weighted by atomic mass is 35.5. The highest BCUT2D eigenvalue weighted by molar-refractivity contribution is 6.31. The number of morpholine rings is 1. The number of halogens is 1. The van der Waals surface area contributed by atoms with E-state index < -0.39 is 0 Å². The Morgan fingerprint density at radius 1 is 1.42 bits per heavy atom. The maximum absolute atomic E-state index is 12.0.